The number of nitrogens with two attached hydrogens (primary N) is 1. The first-order valence-electron chi connectivity index (χ1n) is 7.19. The summed E-state index contributed by atoms with van der Waals surface area (Å²) in [5, 5.41) is 0. The highest BCUT2D eigenvalue weighted by atomic mass is 35.5. The molecule has 1 rings (SSSR count). The molecule has 10 heteroatoms. The number of hydrogen-bond donors (Lipinski definition) is 2. The van der Waals surface area contributed by atoms with Gasteiger partial charge >= 0.3 is 0 Å². The molecule has 0 aliphatic heterocycles. The van der Waals surface area contributed by atoms with E-state index in [-0.39, 0.29) is 41.6 Å². The van der Waals surface area contributed by atoms with Crippen LogP contribution in [0.4, 0.5) is 0 Å². The third kappa shape index (κ3) is 7.04. The van der Waals surface area contributed by atoms with Crippen molar-refractivity contribution in [3.8, 4) is 0 Å². The Hall–Kier alpha value is -0.710. The third-order valence-electron chi connectivity index (χ3n) is 3.38. The van der Waals surface area contributed by atoms with Crippen molar-refractivity contribution in [3.63, 3.8) is 0 Å². The van der Waals surface area contributed by atoms with Gasteiger partial charge in [-0.3, -0.25) is 0 Å². The maximum atomic E-state index is 12.2. The molecule has 1 aromatic rings. The van der Waals surface area contributed by atoms with E-state index < -0.39 is 20.0 Å². The highest BCUT2D eigenvalue weighted by molar-refractivity contribution is 7.90. The molecule has 0 heterocycles. The van der Waals surface area contributed by atoms with Gasteiger partial charge in [0.05, 0.1) is 10.6 Å². The van der Waals surface area contributed by atoms with E-state index in [2.05, 4.69) is 4.72 Å². The molecule has 0 amide bonds. The van der Waals surface area contributed by atoms with Gasteiger partial charge in [0.25, 0.3) is 0 Å². The zero-order valence-corrected chi connectivity index (χ0v) is 16.5. The van der Waals surface area contributed by atoms with Gasteiger partial charge in [0.1, 0.15) is 0 Å². The van der Waals surface area contributed by atoms with Gasteiger partial charge in [0, 0.05) is 20.1 Å². The molecule has 0 spiro atoms. The van der Waals surface area contributed by atoms with Crippen LogP contribution in [0.3, 0.4) is 0 Å². The van der Waals surface area contributed by atoms with Crippen molar-refractivity contribution in [2.45, 2.75) is 18.7 Å². The molecule has 0 aromatic heterocycles. The molecule has 1 aromatic carbocycles. The summed E-state index contributed by atoms with van der Waals surface area (Å²) >= 11 is 0. The first-order valence-corrected chi connectivity index (χ1v) is 10.3. The van der Waals surface area contributed by atoms with Crippen molar-refractivity contribution >= 4 is 32.5 Å². The molecule has 0 radical (unpaired) electrons. The lowest BCUT2D eigenvalue weighted by molar-refractivity contribution is 0.292. The van der Waals surface area contributed by atoms with Gasteiger partial charge in [-0.2, -0.15) is 0 Å². The van der Waals surface area contributed by atoms with E-state index in [9.17, 15) is 16.8 Å². The van der Waals surface area contributed by atoms with Crippen LogP contribution in [0.25, 0.3) is 0 Å². The van der Waals surface area contributed by atoms with E-state index in [0.717, 1.165) is 0 Å². The minimum atomic E-state index is -3.70. The van der Waals surface area contributed by atoms with Crippen LogP contribution in [0.5, 0.6) is 0 Å². The average Bonchev–Trinajstić information content (AvgIpc) is 2.47. The van der Waals surface area contributed by atoms with E-state index in [1.807, 2.05) is 13.8 Å². The predicted molar refractivity (Wildman–Crippen MR) is 98.1 cm³/mol. The Morgan fingerprint density at radius 1 is 1.12 bits per heavy atom. The number of nitrogens with zero attached hydrogens (tertiary/aromatic N) is 1. The largest absolute Gasteiger partial charge is 0.330 e. The molecule has 0 bridgehead atoms. The molecule has 0 atom stereocenters. The van der Waals surface area contributed by atoms with Crippen LogP contribution < -0.4 is 10.5 Å². The van der Waals surface area contributed by atoms with Crippen LogP contribution in [-0.2, 0) is 20.0 Å². The molecule has 0 aliphatic rings. The number of sulfonamides is 2. The lowest BCUT2D eigenvalue weighted by Crippen LogP contribution is -2.42. The molecule has 0 unspecified atom stereocenters. The fraction of sp³-hybridized carbons (Fsp3) is 0.571. The number of halogens is 1. The molecule has 0 saturated carbocycles. The fourth-order valence-electron chi connectivity index (χ4n) is 1.91. The summed E-state index contributed by atoms with van der Waals surface area (Å²) in [6, 6.07) is 7.82. The zero-order valence-electron chi connectivity index (χ0n) is 14.1. The first-order chi connectivity index (χ1) is 10.5. The summed E-state index contributed by atoms with van der Waals surface area (Å²) in [5.41, 5.74) is 5.26. The Kier molecular flexibility index (Phi) is 8.85. The van der Waals surface area contributed by atoms with Crippen LogP contribution in [0, 0.1) is 5.41 Å². The molecular weight excluding hydrogens is 374 g/mol. The normalized spacial score (nSPS) is 12.9. The van der Waals surface area contributed by atoms with E-state index in [0.29, 0.717) is 6.54 Å². The van der Waals surface area contributed by atoms with Crippen LogP contribution in [0.1, 0.15) is 13.8 Å². The molecule has 140 valence electrons. The van der Waals surface area contributed by atoms with Gasteiger partial charge in [-0.15, -0.1) is 12.4 Å². The summed E-state index contributed by atoms with van der Waals surface area (Å²) < 4.78 is 52.0. The van der Waals surface area contributed by atoms with Gasteiger partial charge in [-0.05, 0) is 24.1 Å². The Morgan fingerprint density at radius 2 is 1.67 bits per heavy atom. The Bertz CT molecular complexity index is 707. The van der Waals surface area contributed by atoms with E-state index in [1.165, 1.54) is 23.5 Å². The molecule has 3 N–H and O–H groups in total. The summed E-state index contributed by atoms with van der Waals surface area (Å²) in [6.45, 7) is 4.19. The Labute approximate surface area is 151 Å². The second-order valence-electron chi connectivity index (χ2n) is 6.15. The van der Waals surface area contributed by atoms with Crippen molar-refractivity contribution in [1.29, 1.82) is 0 Å². The van der Waals surface area contributed by atoms with Gasteiger partial charge < -0.3 is 5.73 Å². The van der Waals surface area contributed by atoms with Gasteiger partial charge in [0.2, 0.25) is 20.0 Å². The van der Waals surface area contributed by atoms with Gasteiger partial charge in [-0.25, -0.2) is 25.9 Å². The van der Waals surface area contributed by atoms with Gasteiger partial charge in [-0.1, -0.05) is 32.0 Å². The zero-order chi connectivity index (χ0) is 17.7. The lowest BCUT2D eigenvalue weighted by Gasteiger charge is -2.28. The first kappa shape index (κ1) is 23.3. The molecule has 7 nitrogen and oxygen atoms in total. The van der Waals surface area contributed by atoms with Crippen LogP contribution in [0.15, 0.2) is 35.2 Å². The topological polar surface area (TPSA) is 110 Å². The standard InChI is InChI=1S/C14H25N3O4S2.ClH/c1-14(2,11-15)12-17(3)22(18,19)10-9-16-23(20,21)13-7-5-4-6-8-13;/h4-8,16H,9-12,15H2,1-3H3;1H. The van der Waals surface area contributed by atoms with Crippen LogP contribution in [-0.4, -0.2) is 53.6 Å². The number of nitrogens with one attached hydrogen (secondary N) is 1. The van der Waals surface area contributed by atoms with Crippen molar-refractivity contribution < 1.29 is 16.8 Å². The minimum absolute atomic E-state index is 0. The maximum absolute atomic E-state index is 12.2. The Balaban J connectivity index is 0.00000529. The maximum Gasteiger partial charge on any atom is 0.240 e. The van der Waals surface area contributed by atoms with E-state index >= 15 is 0 Å². The second-order valence-corrected chi connectivity index (χ2v) is 10.1. The van der Waals surface area contributed by atoms with Crippen molar-refractivity contribution in [2.75, 3.05) is 32.4 Å². The number of benzene rings is 1. The van der Waals surface area contributed by atoms with Crippen LogP contribution in [0.2, 0.25) is 0 Å². The van der Waals surface area contributed by atoms with E-state index in [4.69, 9.17) is 5.73 Å². The molecule has 0 saturated heterocycles. The molecule has 24 heavy (non-hydrogen) atoms. The molecule has 0 aliphatic carbocycles. The summed E-state index contributed by atoms with van der Waals surface area (Å²) in [4.78, 5) is 0.106. The molecule has 0 fully saturated rings. The lowest BCUT2D eigenvalue weighted by atomic mass is 9.94. The Morgan fingerprint density at radius 3 is 2.17 bits per heavy atom. The fourth-order valence-corrected chi connectivity index (χ4v) is 4.31. The predicted octanol–water partition coefficient (Wildman–Crippen LogP) is 0.633. The number of hydrogen-bond acceptors (Lipinski definition) is 5. The summed E-state index contributed by atoms with van der Waals surface area (Å²) in [7, 11) is -5.79. The second kappa shape index (κ2) is 9.12. The summed E-state index contributed by atoms with van der Waals surface area (Å²) in [6.07, 6.45) is 0. The SMILES string of the molecule is CN(CC(C)(C)CN)S(=O)(=O)CCNS(=O)(=O)c1ccccc1.Cl. The number of rotatable bonds is 9. The quantitative estimate of drug-likeness (QED) is 0.633. The van der Waals surface area contributed by atoms with Crippen molar-refractivity contribution in [3.05, 3.63) is 30.3 Å². The summed E-state index contributed by atoms with van der Waals surface area (Å²) in [5.74, 6) is -0.309. The van der Waals surface area contributed by atoms with Gasteiger partial charge in [0.15, 0.2) is 0 Å². The highest BCUT2D eigenvalue weighted by Crippen LogP contribution is 2.16. The third-order valence-corrected chi connectivity index (χ3v) is 6.66. The van der Waals surface area contributed by atoms with Crippen LogP contribution >= 0.6 is 12.4 Å². The van der Waals surface area contributed by atoms with E-state index in [1.54, 1.807) is 18.2 Å². The van der Waals surface area contributed by atoms with Crippen molar-refractivity contribution in [2.24, 2.45) is 11.1 Å². The smallest absolute Gasteiger partial charge is 0.240 e. The molecular formula is C14H26ClN3O4S2. The average molecular weight is 400 g/mol. The monoisotopic (exact) mass is 399 g/mol. The highest BCUT2D eigenvalue weighted by Gasteiger charge is 2.26. The van der Waals surface area contributed by atoms with Crippen molar-refractivity contribution in [1.82, 2.24) is 9.03 Å². The minimum Gasteiger partial charge on any atom is -0.330 e.